The summed E-state index contributed by atoms with van der Waals surface area (Å²) < 4.78 is 5.92. The molecule has 3 aromatic heterocycles. The van der Waals surface area contributed by atoms with Gasteiger partial charge in [-0.2, -0.15) is 10.1 Å². The Morgan fingerprint density at radius 1 is 1.09 bits per heavy atom. The first kappa shape index (κ1) is 14.8. The van der Waals surface area contributed by atoms with E-state index < -0.39 is 0 Å². The number of rotatable bonds is 4. The number of anilines is 2. The summed E-state index contributed by atoms with van der Waals surface area (Å²) in [6, 6.07) is 1.84. The molecule has 8 nitrogen and oxygen atoms in total. The smallest absolute Gasteiger partial charge is 0.222 e. The van der Waals surface area contributed by atoms with E-state index >= 15 is 0 Å². The van der Waals surface area contributed by atoms with Crippen molar-refractivity contribution < 1.29 is 4.74 Å². The first-order chi connectivity index (χ1) is 11.0. The van der Waals surface area contributed by atoms with Crippen LogP contribution in [0.15, 0.2) is 30.9 Å². The van der Waals surface area contributed by atoms with E-state index in [0.717, 1.165) is 16.8 Å². The van der Waals surface area contributed by atoms with Crippen molar-refractivity contribution in [3.8, 4) is 22.8 Å². The van der Waals surface area contributed by atoms with Crippen LogP contribution in [0.2, 0.25) is 0 Å². The fraction of sp³-hybridized carbons (Fsp3) is 0.200. The van der Waals surface area contributed by atoms with Gasteiger partial charge >= 0.3 is 0 Å². The second kappa shape index (κ2) is 5.91. The maximum atomic E-state index is 5.92. The molecule has 0 fully saturated rings. The number of ether oxygens (including phenoxy) is 1. The van der Waals surface area contributed by atoms with Gasteiger partial charge < -0.3 is 16.2 Å². The average Bonchev–Trinajstić information content (AvgIpc) is 3.04. The van der Waals surface area contributed by atoms with Crippen molar-refractivity contribution in [1.82, 2.24) is 25.1 Å². The molecule has 118 valence electrons. The highest BCUT2D eigenvalue weighted by Gasteiger charge is 2.14. The number of nitrogen functional groups attached to an aromatic ring is 2. The van der Waals surface area contributed by atoms with E-state index in [1.165, 1.54) is 6.20 Å². The molecule has 0 aliphatic heterocycles. The number of H-pyrrole nitrogens is 1. The van der Waals surface area contributed by atoms with Gasteiger partial charge in [0, 0.05) is 29.6 Å². The number of hydrogen-bond acceptors (Lipinski definition) is 7. The first-order valence-electron chi connectivity index (χ1n) is 7.09. The lowest BCUT2D eigenvalue weighted by atomic mass is 10.0. The minimum atomic E-state index is 0.104. The fourth-order valence-corrected chi connectivity index (χ4v) is 2.11. The highest BCUT2D eigenvalue weighted by molar-refractivity contribution is 5.61. The van der Waals surface area contributed by atoms with Gasteiger partial charge in [0.15, 0.2) is 11.6 Å². The summed E-state index contributed by atoms with van der Waals surface area (Å²) >= 11 is 0. The summed E-state index contributed by atoms with van der Waals surface area (Å²) in [6.07, 6.45) is 6.71. The molecule has 0 bridgehead atoms. The molecular weight excluding hydrogens is 294 g/mol. The maximum absolute atomic E-state index is 5.92. The maximum Gasteiger partial charge on any atom is 0.222 e. The predicted octanol–water partition coefficient (Wildman–Crippen LogP) is 2.34. The Morgan fingerprint density at radius 3 is 2.57 bits per heavy atom. The van der Waals surface area contributed by atoms with Crippen molar-refractivity contribution in [2.75, 3.05) is 11.5 Å². The van der Waals surface area contributed by atoms with E-state index in [2.05, 4.69) is 39.0 Å². The van der Waals surface area contributed by atoms with Crippen molar-refractivity contribution >= 4 is 11.8 Å². The first-order valence-corrected chi connectivity index (χ1v) is 7.09. The molecule has 0 aromatic carbocycles. The summed E-state index contributed by atoms with van der Waals surface area (Å²) in [7, 11) is 0. The second-order valence-electron chi connectivity index (χ2n) is 5.33. The molecular formula is C15H17N7O. The number of aromatic amines is 1. The molecule has 0 radical (unpaired) electrons. The monoisotopic (exact) mass is 311 g/mol. The Hall–Kier alpha value is -3.16. The molecule has 0 unspecified atom stereocenters. The largest absolute Gasteiger partial charge is 0.451 e. The van der Waals surface area contributed by atoms with E-state index in [1.54, 1.807) is 18.6 Å². The van der Waals surface area contributed by atoms with Gasteiger partial charge in [-0.15, -0.1) is 0 Å². The molecule has 3 rings (SSSR count). The van der Waals surface area contributed by atoms with Crippen molar-refractivity contribution in [2.24, 2.45) is 0 Å². The minimum Gasteiger partial charge on any atom is -0.451 e. The van der Waals surface area contributed by atoms with Gasteiger partial charge in [0.05, 0.1) is 18.1 Å². The molecule has 0 saturated carbocycles. The minimum absolute atomic E-state index is 0.104. The van der Waals surface area contributed by atoms with Crippen LogP contribution in [-0.2, 0) is 0 Å². The van der Waals surface area contributed by atoms with Gasteiger partial charge in [0.25, 0.3) is 0 Å². The van der Waals surface area contributed by atoms with Crippen molar-refractivity contribution in [3.05, 3.63) is 36.4 Å². The Balaban J connectivity index is 2.03. The lowest BCUT2D eigenvalue weighted by Gasteiger charge is -2.15. The summed E-state index contributed by atoms with van der Waals surface area (Å²) in [6.45, 7) is 4.12. The van der Waals surface area contributed by atoms with Crippen LogP contribution >= 0.6 is 0 Å². The normalized spacial score (nSPS) is 10.9. The Kier molecular flexibility index (Phi) is 3.80. The van der Waals surface area contributed by atoms with E-state index in [9.17, 15) is 0 Å². The van der Waals surface area contributed by atoms with E-state index in [-0.39, 0.29) is 17.7 Å². The molecule has 5 N–H and O–H groups in total. The summed E-state index contributed by atoms with van der Waals surface area (Å²) in [5.74, 6) is 1.52. The zero-order valence-electron chi connectivity index (χ0n) is 12.8. The van der Waals surface area contributed by atoms with Gasteiger partial charge in [-0.3, -0.25) is 10.1 Å². The van der Waals surface area contributed by atoms with Crippen LogP contribution in [0.25, 0.3) is 11.3 Å². The standard InChI is InChI=1S/C15H17N7O/c1-8(2)10-6-18-11(9-4-20-21-5-9)3-12(10)23-13-7-19-15(17)22-14(13)16/h3-8H,1-2H3,(H,20,21)(H4,16,17,19,22). The third-order valence-electron chi connectivity index (χ3n) is 3.33. The van der Waals surface area contributed by atoms with Gasteiger partial charge in [-0.1, -0.05) is 13.8 Å². The molecule has 0 atom stereocenters. The second-order valence-corrected chi connectivity index (χ2v) is 5.33. The van der Waals surface area contributed by atoms with Crippen molar-refractivity contribution in [2.45, 2.75) is 19.8 Å². The Labute approximate surface area is 132 Å². The van der Waals surface area contributed by atoms with E-state index in [1.807, 2.05) is 6.07 Å². The van der Waals surface area contributed by atoms with Crippen molar-refractivity contribution in [3.63, 3.8) is 0 Å². The third-order valence-corrected chi connectivity index (χ3v) is 3.33. The summed E-state index contributed by atoms with van der Waals surface area (Å²) in [4.78, 5) is 12.3. The number of nitrogens with zero attached hydrogens (tertiary/aromatic N) is 4. The number of nitrogens with one attached hydrogen (secondary N) is 1. The zero-order chi connectivity index (χ0) is 16.4. The van der Waals surface area contributed by atoms with Gasteiger partial charge in [0.2, 0.25) is 5.95 Å². The van der Waals surface area contributed by atoms with Crippen LogP contribution in [0, 0.1) is 0 Å². The fourth-order valence-electron chi connectivity index (χ4n) is 2.11. The van der Waals surface area contributed by atoms with E-state index in [0.29, 0.717) is 11.5 Å². The molecule has 3 aromatic rings. The average molecular weight is 311 g/mol. The van der Waals surface area contributed by atoms with Crippen LogP contribution in [-0.4, -0.2) is 25.1 Å². The van der Waals surface area contributed by atoms with Gasteiger partial charge in [0.1, 0.15) is 5.75 Å². The lowest BCUT2D eigenvalue weighted by molar-refractivity contribution is 0.470. The third kappa shape index (κ3) is 3.05. The number of hydrogen-bond donors (Lipinski definition) is 3. The quantitative estimate of drug-likeness (QED) is 0.674. The SMILES string of the molecule is CC(C)c1cnc(-c2cn[nH]c2)cc1Oc1cnc(N)nc1N. The highest BCUT2D eigenvalue weighted by Crippen LogP contribution is 2.34. The molecule has 0 amide bonds. The summed E-state index contributed by atoms with van der Waals surface area (Å²) in [5.41, 5.74) is 13.9. The van der Waals surface area contributed by atoms with Crippen LogP contribution in [0.3, 0.4) is 0 Å². The zero-order valence-corrected chi connectivity index (χ0v) is 12.8. The van der Waals surface area contributed by atoms with Crippen LogP contribution < -0.4 is 16.2 Å². The Morgan fingerprint density at radius 2 is 1.91 bits per heavy atom. The van der Waals surface area contributed by atoms with Gasteiger partial charge in [-0.25, -0.2) is 4.98 Å². The van der Waals surface area contributed by atoms with Crippen molar-refractivity contribution in [1.29, 1.82) is 0 Å². The van der Waals surface area contributed by atoms with Crippen LogP contribution in [0.4, 0.5) is 11.8 Å². The molecule has 0 aliphatic rings. The van der Waals surface area contributed by atoms with Gasteiger partial charge in [-0.05, 0) is 5.92 Å². The molecule has 8 heteroatoms. The molecule has 0 spiro atoms. The molecule has 23 heavy (non-hydrogen) atoms. The predicted molar refractivity (Wildman–Crippen MR) is 86.8 cm³/mol. The van der Waals surface area contributed by atoms with E-state index in [4.69, 9.17) is 16.2 Å². The lowest BCUT2D eigenvalue weighted by Crippen LogP contribution is -2.03. The number of pyridine rings is 1. The molecule has 0 saturated heterocycles. The highest BCUT2D eigenvalue weighted by atomic mass is 16.5. The van der Waals surface area contributed by atoms with Crippen LogP contribution in [0.1, 0.15) is 25.3 Å². The number of nitrogens with two attached hydrogens (primary N) is 2. The number of aromatic nitrogens is 5. The Bertz CT molecular complexity index is 815. The summed E-state index contributed by atoms with van der Waals surface area (Å²) in [5, 5.41) is 6.70. The van der Waals surface area contributed by atoms with Crippen LogP contribution in [0.5, 0.6) is 11.5 Å². The molecule has 0 aliphatic carbocycles. The molecule has 3 heterocycles. The topological polar surface area (TPSA) is 129 Å².